The molecular weight excluding hydrogens is 245 g/mol. The topological polar surface area (TPSA) is 62.7 Å². The molecule has 1 aromatic rings. The Morgan fingerprint density at radius 1 is 1.41 bits per heavy atom. The first-order valence-corrected chi connectivity index (χ1v) is 4.28. The average Bonchev–Trinajstić information content (AvgIpc) is 2.18. The van der Waals surface area contributed by atoms with Gasteiger partial charge in [-0.3, -0.25) is 0 Å². The fraction of sp³-hybridized carbons (Fsp3) is 0.333. The van der Waals surface area contributed by atoms with Crippen LogP contribution in [0.25, 0.3) is 0 Å². The van der Waals surface area contributed by atoms with Crippen molar-refractivity contribution in [2.45, 2.75) is 19.0 Å². The molecule has 3 nitrogen and oxygen atoms in total. The molecule has 1 aromatic heterocycles. The maximum absolute atomic E-state index is 12.5. The van der Waals surface area contributed by atoms with Crippen LogP contribution in [0.5, 0.6) is 0 Å². The molecule has 0 aliphatic rings. The van der Waals surface area contributed by atoms with Gasteiger partial charge in [-0.05, 0) is 0 Å². The molecule has 17 heavy (non-hydrogen) atoms. The zero-order chi connectivity index (χ0) is 13.2. The molecule has 0 aliphatic carbocycles. The van der Waals surface area contributed by atoms with E-state index in [9.17, 15) is 22.0 Å². The van der Waals surface area contributed by atoms with E-state index in [0.717, 1.165) is 0 Å². The number of pyridine rings is 1. The largest absolute Gasteiger partial charge is 0.435 e. The number of nitrogens with two attached hydrogens (primary N) is 1. The van der Waals surface area contributed by atoms with Crippen LogP contribution in [-0.2, 0) is 12.6 Å². The predicted octanol–water partition coefficient (Wildman–Crippen LogP) is 2.69. The number of halogens is 5. The van der Waals surface area contributed by atoms with Crippen LogP contribution >= 0.6 is 0 Å². The minimum Gasteiger partial charge on any atom is -0.397 e. The number of anilines is 1. The molecule has 0 radical (unpaired) electrons. The van der Waals surface area contributed by atoms with Gasteiger partial charge in [-0.25, -0.2) is 13.8 Å². The first-order chi connectivity index (χ1) is 7.79. The van der Waals surface area contributed by atoms with Crippen molar-refractivity contribution in [3.05, 3.63) is 23.0 Å². The van der Waals surface area contributed by atoms with E-state index in [2.05, 4.69) is 4.98 Å². The first kappa shape index (κ1) is 13.2. The number of hydrogen-bond acceptors (Lipinski definition) is 3. The number of nitriles is 1. The molecule has 0 saturated heterocycles. The van der Waals surface area contributed by atoms with Crippen molar-refractivity contribution >= 4 is 5.69 Å². The van der Waals surface area contributed by atoms with Crippen molar-refractivity contribution in [3.8, 4) is 6.07 Å². The van der Waals surface area contributed by atoms with Crippen LogP contribution in [-0.4, -0.2) is 4.98 Å². The lowest BCUT2D eigenvalue weighted by atomic mass is 10.0. The second-order valence-corrected chi connectivity index (χ2v) is 3.09. The van der Waals surface area contributed by atoms with Crippen LogP contribution in [0.15, 0.2) is 6.20 Å². The summed E-state index contributed by atoms with van der Waals surface area (Å²) in [6, 6.07) is 1.49. The highest BCUT2D eigenvalue weighted by atomic mass is 19.4. The SMILES string of the molecule is N#CCc1c(C(F)F)cnc(C(F)(F)F)c1N. The molecule has 0 amide bonds. The Morgan fingerprint density at radius 2 is 2.00 bits per heavy atom. The second kappa shape index (κ2) is 4.53. The van der Waals surface area contributed by atoms with Gasteiger partial charge in [0.15, 0.2) is 5.69 Å². The first-order valence-electron chi connectivity index (χ1n) is 4.28. The summed E-state index contributed by atoms with van der Waals surface area (Å²) in [5, 5.41) is 8.39. The van der Waals surface area contributed by atoms with Crippen LogP contribution in [0.4, 0.5) is 27.6 Å². The van der Waals surface area contributed by atoms with E-state index in [1.165, 1.54) is 6.07 Å². The zero-order valence-electron chi connectivity index (χ0n) is 8.22. The molecule has 0 fully saturated rings. The van der Waals surface area contributed by atoms with E-state index in [4.69, 9.17) is 11.0 Å². The molecule has 0 unspecified atom stereocenters. The van der Waals surface area contributed by atoms with Crippen molar-refractivity contribution in [3.63, 3.8) is 0 Å². The third-order valence-corrected chi connectivity index (χ3v) is 2.02. The number of nitrogen functional groups attached to an aromatic ring is 1. The van der Waals surface area contributed by atoms with Crippen molar-refractivity contribution in [1.29, 1.82) is 5.26 Å². The summed E-state index contributed by atoms with van der Waals surface area (Å²) in [4.78, 5) is 2.87. The molecule has 92 valence electrons. The van der Waals surface area contributed by atoms with Gasteiger partial charge in [0.2, 0.25) is 0 Å². The molecule has 1 heterocycles. The maximum atomic E-state index is 12.5. The number of rotatable bonds is 2. The minimum atomic E-state index is -4.84. The summed E-state index contributed by atoms with van der Waals surface area (Å²) in [5.41, 5.74) is 1.48. The monoisotopic (exact) mass is 251 g/mol. The lowest BCUT2D eigenvalue weighted by molar-refractivity contribution is -0.140. The van der Waals surface area contributed by atoms with Gasteiger partial charge in [-0.2, -0.15) is 18.4 Å². The molecule has 1 rings (SSSR count). The van der Waals surface area contributed by atoms with E-state index in [0.29, 0.717) is 6.20 Å². The summed E-state index contributed by atoms with van der Waals surface area (Å²) in [5.74, 6) is 0. The van der Waals surface area contributed by atoms with Gasteiger partial charge >= 0.3 is 6.18 Å². The summed E-state index contributed by atoms with van der Waals surface area (Å²) in [7, 11) is 0. The van der Waals surface area contributed by atoms with Crippen molar-refractivity contribution in [2.75, 3.05) is 5.73 Å². The number of alkyl halides is 5. The van der Waals surface area contributed by atoms with Crippen LogP contribution in [0.3, 0.4) is 0 Å². The number of hydrogen-bond donors (Lipinski definition) is 1. The highest BCUT2D eigenvalue weighted by molar-refractivity contribution is 5.56. The van der Waals surface area contributed by atoms with Gasteiger partial charge in [0.05, 0.1) is 18.2 Å². The number of nitrogens with zero attached hydrogens (tertiary/aromatic N) is 2. The molecule has 0 aromatic carbocycles. The van der Waals surface area contributed by atoms with E-state index < -0.39 is 41.5 Å². The fourth-order valence-corrected chi connectivity index (χ4v) is 1.27. The molecule has 0 spiro atoms. The lowest BCUT2D eigenvalue weighted by Crippen LogP contribution is -2.15. The fourth-order valence-electron chi connectivity index (χ4n) is 1.27. The van der Waals surface area contributed by atoms with Gasteiger partial charge in [-0.1, -0.05) is 0 Å². The Kier molecular flexibility index (Phi) is 3.50. The van der Waals surface area contributed by atoms with Gasteiger partial charge in [0.25, 0.3) is 6.43 Å². The third kappa shape index (κ3) is 2.61. The quantitative estimate of drug-likeness (QED) is 0.822. The molecule has 0 atom stereocenters. The average molecular weight is 251 g/mol. The van der Waals surface area contributed by atoms with Gasteiger partial charge < -0.3 is 5.73 Å². The summed E-state index contributed by atoms with van der Waals surface area (Å²) in [6.45, 7) is 0. The second-order valence-electron chi connectivity index (χ2n) is 3.09. The third-order valence-electron chi connectivity index (χ3n) is 2.02. The summed E-state index contributed by atoms with van der Waals surface area (Å²) >= 11 is 0. The van der Waals surface area contributed by atoms with Gasteiger partial charge in [0, 0.05) is 17.3 Å². The highest BCUT2D eigenvalue weighted by Gasteiger charge is 2.37. The van der Waals surface area contributed by atoms with Crippen molar-refractivity contribution < 1.29 is 22.0 Å². The maximum Gasteiger partial charge on any atom is 0.435 e. The standard InChI is InChI=1S/C9H6F5N3/c10-8(11)5-3-17-7(9(12,13)14)6(16)4(5)1-2-15/h3,8H,1,16H2. The Balaban J connectivity index is 3.45. The van der Waals surface area contributed by atoms with Crippen LogP contribution < -0.4 is 5.73 Å². The van der Waals surface area contributed by atoms with E-state index in [-0.39, 0.29) is 0 Å². The Labute approximate surface area is 92.7 Å². The molecular formula is C9H6F5N3. The summed E-state index contributed by atoms with van der Waals surface area (Å²) < 4.78 is 62.1. The summed E-state index contributed by atoms with van der Waals surface area (Å²) in [6.07, 6.45) is -8.10. The predicted molar refractivity (Wildman–Crippen MR) is 47.9 cm³/mol. The Bertz CT molecular complexity index is 461. The van der Waals surface area contributed by atoms with E-state index in [1.807, 2.05) is 0 Å². The molecule has 0 saturated carbocycles. The Hall–Kier alpha value is -1.91. The van der Waals surface area contributed by atoms with Crippen molar-refractivity contribution in [1.82, 2.24) is 4.98 Å². The molecule has 8 heteroatoms. The smallest absolute Gasteiger partial charge is 0.397 e. The van der Waals surface area contributed by atoms with Crippen LogP contribution in [0, 0.1) is 11.3 Å². The normalized spacial score (nSPS) is 11.6. The Morgan fingerprint density at radius 3 is 2.41 bits per heavy atom. The molecule has 2 N–H and O–H groups in total. The minimum absolute atomic E-state index is 0.399. The van der Waals surface area contributed by atoms with Gasteiger partial charge in [0.1, 0.15) is 0 Å². The van der Waals surface area contributed by atoms with Crippen molar-refractivity contribution in [2.24, 2.45) is 0 Å². The zero-order valence-corrected chi connectivity index (χ0v) is 8.22. The highest BCUT2D eigenvalue weighted by Crippen LogP contribution is 2.36. The van der Waals surface area contributed by atoms with E-state index in [1.54, 1.807) is 0 Å². The van der Waals surface area contributed by atoms with Crippen LogP contribution in [0.1, 0.15) is 23.2 Å². The molecule has 0 aliphatic heterocycles. The lowest BCUT2D eigenvalue weighted by Gasteiger charge is -2.14. The van der Waals surface area contributed by atoms with Gasteiger partial charge in [-0.15, -0.1) is 0 Å². The van der Waals surface area contributed by atoms with Crippen LogP contribution in [0.2, 0.25) is 0 Å². The number of aromatic nitrogens is 1. The molecule has 0 bridgehead atoms. The van der Waals surface area contributed by atoms with E-state index >= 15 is 0 Å².